The van der Waals surface area contributed by atoms with Crippen LogP contribution in [-0.2, 0) is 11.2 Å². The summed E-state index contributed by atoms with van der Waals surface area (Å²) in [5, 5.41) is 4.54. The van der Waals surface area contributed by atoms with Gasteiger partial charge in [-0.2, -0.15) is 5.10 Å². The standard InChI is InChI=1S/C26H27N5O5/c1-32-20-13-30(14-20)19-11-28-26-18(10-29-31(26)12-19)6-16-7-21(33-2)25-22(8-16)35-15-23(36-25)17-4-5-24(34-3)27-9-17/h4-5,7-12,20,23H,6,13-15H2,1-3H3. The van der Waals surface area contributed by atoms with E-state index in [1.54, 1.807) is 27.5 Å². The monoisotopic (exact) mass is 489 g/mol. The lowest BCUT2D eigenvalue weighted by Gasteiger charge is -2.39. The van der Waals surface area contributed by atoms with E-state index in [9.17, 15) is 0 Å². The molecular weight excluding hydrogens is 462 g/mol. The van der Waals surface area contributed by atoms with Gasteiger partial charge in [-0.1, -0.05) is 0 Å². The maximum Gasteiger partial charge on any atom is 0.212 e. The molecule has 0 radical (unpaired) electrons. The molecule has 6 rings (SSSR count). The summed E-state index contributed by atoms with van der Waals surface area (Å²) < 4.78 is 30.4. The molecule has 10 heteroatoms. The molecule has 0 amide bonds. The smallest absolute Gasteiger partial charge is 0.212 e. The first kappa shape index (κ1) is 22.4. The Morgan fingerprint density at radius 2 is 1.92 bits per heavy atom. The van der Waals surface area contributed by atoms with Crippen molar-refractivity contribution in [3.63, 3.8) is 0 Å². The lowest BCUT2D eigenvalue weighted by atomic mass is 10.1. The quantitative estimate of drug-likeness (QED) is 0.388. The van der Waals surface area contributed by atoms with Crippen molar-refractivity contribution in [2.75, 3.05) is 45.9 Å². The normalized spacial score (nSPS) is 17.2. The number of benzene rings is 1. The second kappa shape index (κ2) is 9.19. The number of nitrogens with zero attached hydrogens (tertiary/aromatic N) is 5. The van der Waals surface area contributed by atoms with E-state index in [4.69, 9.17) is 28.7 Å². The fourth-order valence-electron chi connectivity index (χ4n) is 4.54. The molecule has 0 N–H and O–H groups in total. The summed E-state index contributed by atoms with van der Waals surface area (Å²) in [5.41, 5.74) is 4.79. The van der Waals surface area contributed by atoms with E-state index in [2.05, 4.69) is 15.0 Å². The number of rotatable bonds is 7. The first-order valence-corrected chi connectivity index (χ1v) is 11.8. The largest absolute Gasteiger partial charge is 0.493 e. The van der Waals surface area contributed by atoms with Gasteiger partial charge in [0.25, 0.3) is 0 Å². The van der Waals surface area contributed by atoms with Gasteiger partial charge >= 0.3 is 0 Å². The van der Waals surface area contributed by atoms with Gasteiger partial charge in [-0.3, -0.25) is 0 Å². The average molecular weight is 490 g/mol. The molecule has 1 saturated heterocycles. The number of hydrogen-bond acceptors (Lipinski definition) is 9. The number of pyridine rings is 1. The van der Waals surface area contributed by atoms with Crippen molar-refractivity contribution in [2.45, 2.75) is 18.6 Å². The molecule has 0 aliphatic carbocycles. The van der Waals surface area contributed by atoms with Crippen molar-refractivity contribution in [1.29, 1.82) is 0 Å². The third kappa shape index (κ3) is 4.03. The zero-order valence-corrected chi connectivity index (χ0v) is 20.4. The van der Waals surface area contributed by atoms with Gasteiger partial charge in [0.05, 0.1) is 44.6 Å². The third-order valence-corrected chi connectivity index (χ3v) is 6.65. The molecule has 1 unspecified atom stereocenters. The van der Waals surface area contributed by atoms with Gasteiger partial charge in [0.2, 0.25) is 11.6 Å². The van der Waals surface area contributed by atoms with Crippen LogP contribution in [0, 0.1) is 0 Å². The minimum atomic E-state index is -0.292. The van der Waals surface area contributed by atoms with E-state index in [1.807, 2.05) is 47.4 Å². The Hall–Kier alpha value is -4.05. The zero-order valence-electron chi connectivity index (χ0n) is 20.4. The molecule has 0 spiro atoms. The maximum absolute atomic E-state index is 6.27. The number of aromatic nitrogens is 4. The van der Waals surface area contributed by atoms with Gasteiger partial charge in [-0.25, -0.2) is 14.5 Å². The lowest BCUT2D eigenvalue weighted by molar-refractivity contribution is 0.0787. The van der Waals surface area contributed by atoms with Crippen LogP contribution < -0.4 is 23.8 Å². The van der Waals surface area contributed by atoms with Gasteiger partial charge in [0.15, 0.2) is 23.3 Å². The number of hydrogen-bond donors (Lipinski definition) is 0. The Bertz CT molecular complexity index is 1370. The minimum Gasteiger partial charge on any atom is -0.493 e. The van der Waals surface area contributed by atoms with Crippen molar-refractivity contribution in [1.82, 2.24) is 19.6 Å². The molecular formula is C26H27N5O5. The Morgan fingerprint density at radius 1 is 1.03 bits per heavy atom. The van der Waals surface area contributed by atoms with Crippen molar-refractivity contribution in [2.24, 2.45) is 0 Å². The molecule has 3 aromatic heterocycles. The number of methoxy groups -OCH3 is 3. The van der Waals surface area contributed by atoms with Crippen LogP contribution in [0.3, 0.4) is 0 Å². The maximum atomic E-state index is 6.27. The zero-order chi connectivity index (χ0) is 24.6. The lowest BCUT2D eigenvalue weighted by Crippen LogP contribution is -2.52. The third-order valence-electron chi connectivity index (χ3n) is 6.65. The van der Waals surface area contributed by atoms with Crippen LogP contribution in [0.4, 0.5) is 5.69 Å². The molecule has 2 aliphatic rings. The Morgan fingerprint density at radius 3 is 2.67 bits per heavy atom. The summed E-state index contributed by atoms with van der Waals surface area (Å²) in [4.78, 5) is 11.2. The van der Waals surface area contributed by atoms with E-state index in [1.165, 1.54) is 0 Å². The van der Waals surface area contributed by atoms with Gasteiger partial charge in [0.1, 0.15) is 6.61 Å². The van der Waals surface area contributed by atoms with Gasteiger partial charge in [0, 0.05) is 50.0 Å². The predicted molar refractivity (Wildman–Crippen MR) is 131 cm³/mol. The highest BCUT2D eigenvalue weighted by Gasteiger charge is 2.28. The molecule has 10 nitrogen and oxygen atoms in total. The number of anilines is 1. The van der Waals surface area contributed by atoms with Crippen molar-refractivity contribution < 1.29 is 23.7 Å². The summed E-state index contributed by atoms with van der Waals surface area (Å²) >= 11 is 0. The van der Waals surface area contributed by atoms with Crippen LogP contribution in [0.25, 0.3) is 5.65 Å². The first-order valence-electron chi connectivity index (χ1n) is 11.8. The molecule has 2 aliphatic heterocycles. The molecule has 1 aromatic carbocycles. The van der Waals surface area contributed by atoms with Crippen LogP contribution in [0.15, 0.2) is 49.1 Å². The summed E-state index contributed by atoms with van der Waals surface area (Å²) in [6.45, 7) is 2.10. The number of ether oxygens (including phenoxy) is 5. The Labute approximate surface area is 208 Å². The van der Waals surface area contributed by atoms with Crippen molar-refractivity contribution >= 4 is 11.3 Å². The van der Waals surface area contributed by atoms with Crippen LogP contribution in [-0.4, -0.2) is 66.7 Å². The van der Waals surface area contributed by atoms with E-state index in [0.29, 0.717) is 36.2 Å². The average Bonchev–Trinajstić information content (AvgIpc) is 3.29. The first-order chi connectivity index (χ1) is 17.6. The van der Waals surface area contributed by atoms with Crippen LogP contribution in [0.1, 0.15) is 22.8 Å². The molecule has 0 bridgehead atoms. The van der Waals surface area contributed by atoms with E-state index in [0.717, 1.165) is 41.1 Å². The highest BCUT2D eigenvalue weighted by atomic mass is 16.6. The van der Waals surface area contributed by atoms with E-state index < -0.39 is 0 Å². The topological polar surface area (TPSA) is 92.5 Å². The van der Waals surface area contributed by atoms with E-state index in [-0.39, 0.29) is 12.2 Å². The van der Waals surface area contributed by atoms with Gasteiger partial charge in [-0.05, 0) is 23.8 Å². The fourth-order valence-corrected chi connectivity index (χ4v) is 4.54. The predicted octanol–water partition coefficient (Wildman–Crippen LogP) is 3.08. The minimum absolute atomic E-state index is 0.280. The van der Waals surface area contributed by atoms with Gasteiger partial charge in [-0.15, -0.1) is 0 Å². The van der Waals surface area contributed by atoms with E-state index >= 15 is 0 Å². The van der Waals surface area contributed by atoms with Gasteiger partial charge < -0.3 is 28.6 Å². The van der Waals surface area contributed by atoms with Crippen molar-refractivity contribution in [3.8, 4) is 23.1 Å². The molecule has 36 heavy (non-hydrogen) atoms. The second-order valence-corrected chi connectivity index (χ2v) is 8.87. The summed E-state index contributed by atoms with van der Waals surface area (Å²) in [7, 11) is 4.96. The Kier molecular flexibility index (Phi) is 5.73. The molecule has 186 valence electrons. The van der Waals surface area contributed by atoms with Crippen molar-refractivity contribution in [3.05, 3.63) is 65.7 Å². The highest BCUT2D eigenvalue weighted by Crippen LogP contribution is 2.44. The summed E-state index contributed by atoms with van der Waals surface area (Å²) in [5.74, 6) is 2.40. The highest BCUT2D eigenvalue weighted by molar-refractivity contribution is 5.58. The second-order valence-electron chi connectivity index (χ2n) is 8.87. The van der Waals surface area contributed by atoms with Crippen LogP contribution >= 0.6 is 0 Å². The summed E-state index contributed by atoms with van der Waals surface area (Å²) in [6.07, 6.45) is 8.11. The SMILES string of the molecule is COc1ccc(C2COc3cc(Cc4cnn5cc(N6CC(OC)C6)cnc45)cc(OC)c3O2)cn1. The van der Waals surface area contributed by atoms with Crippen LogP contribution in [0.5, 0.6) is 23.1 Å². The molecule has 1 fully saturated rings. The molecule has 0 saturated carbocycles. The molecule has 5 heterocycles. The fraction of sp³-hybridized carbons (Fsp3) is 0.346. The molecule has 1 atom stereocenters. The summed E-state index contributed by atoms with van der Waals surface area (Å²) in [6, 6.07) is 7.69. The van der Waals surface area contributed by atoms with Crippen LogP contribution in [0.2, 0.25) is 0 Å². The Balaban J connectivity index is 1.22. The molecule has 4 aromatic rings. The number of fused-ring (bicyclic) bond motifs is 2.